The minimum atomic E-state index is -0.338. The lowest BCUT2D eigenvalue weighted by molar-refractivity contribution is -0.140. The molecule has 0 aliphatic carbocycles. The zero-order valence-electron chi connectivity index (χ0n) is 10.2. The molecule has 0 aromatic rings. The molecule has 1 amide bonds. The maximum atomic E-state index is 12.5. The molecule has 0 spiro atoms. The van der Waals surface area contributed by atoms with Crippen LogP contribution in [0.1, 0.15) is 12.8 Å². The fourth-order valence-electron chi connectivity index (χ4n) is 3.40. The van der Waals surface area contributed by atoms with Crippen molar-refractivity contribution in [2.24, 2.45) is 11.8 Å². The van der Waals surface area contributed by atoms with Gasteiger partial charge in [-0.15, -0.1) is 12.6 Å². The number of piperazine rings is 1. The van der Waals surface area contributed by atoms with Gasteiger partial charge in [0, 0.05) is 26.2 Å². The molecule has 3 rings (SSSR count). The number of carbonyl (C=O) groups is 2. The first-order valence-electron chi connectivity index (χ1n) is 6.56. The number of thiol groups is 1. The molecule has 0 radical (unpaired) electrons. The van der Waals surface area contributed by atoms with Gasteiger partial charge in [0.2, 0.25) is 5.91 Å². The fourth-order valence-corrected chi connectivity index (χ4v) is 3.73. The van der Waals surface area contributed by atoms with E-state index in [1.807, 2.05) is 4.90 Å². The van der Waals surface area contributed by atoms with Gasteiger partial charge in [-0.3, -0.25) is 9.59 Å². The van der Waals surface area contributed by atoms with Crippen molar-refractivity contribution in [2.75, 3.05) is 26.2 Å². The Labute approximate surface area is 112 Å². The second-order valence-corrected chi connectivity index (χ2v) is 5.70. The van der Waals surface area contributed by atoms with E-state index in [-0.39, 0.29) is 35.1 Å². The van der Waals surface area contributed by atoms with Gasteiger partial charge in [0.05, 0.1) is 24.0 Å². The molecule has 2 bridgehead atoms. The Balaban J connectivity index is 1.77. The van der Waals surface area contributed by atoms with Gasteiger partial charge in [0.15, 0.2) is 5.12 Å². The lowest BCUT2D eigenvalue weighted by Gasteiger charge is -2.33. The maximum absolute atomic E-state index is 12.5. The van der Waals surface area contributed by atoms with E-state index in [0.717, 1.165) is 39.0 Å². The first-order valence-corrected chi connectivity index (χ1v) is 7.01. The third-order valence-corrected chi connectivity index (χ3v) is 4.57. The van der Waals surface area contributed by atoms with Gasteiger partial charge in [0.25, 0.3) is 0 Å². The standard InChI is InChI=1S/C12H18N2O3S/c15-11(14-5-3-13-4-6-14)9-7-1-2-8(17-7)10(9)12(16)18/h7-10,13H,1-6H2,(H,16,18). The first kappa shape index (κ1) is 12.4. The van der Waals surface area contributed by atoms with E-state index in [1.54, 1.807) is 0 Å². The molecule has 18 heavy (non-hydrogen) atoms. The number of nitrogens with zero attached hydrogens (tertiary/aromatic N) is 1. The third-order valence-electron chi connectivity index (χ3n) is 4.27. The molecule has 3 fully saturated rings. The Bertz CT molecular complexity index is 370. The summed E-state index contributed by atoms with van der Waals surface area (Å²) in [4.78, 5) is 26.0. The molecule has 6 heteroatoms. The highest BCUT2D eigenvalue weighted by molar-refractivity contribution is 7.96. The summed E-state index contributed by atoms with van der Waals surface area (Å²) in [5.41, 5.74) is 0. The average molecular weight is 270 g/mol. The van der Waals surface area contributed by atoms with Crippen molar-refractivity contribution in [3.05, 3.63) is 0 Å². The predicted octanol–water partition coefficient (Wildman–Crippen LogP) is -0.332. The van der Waals surface area contributed by atoms with E-state index in [4.69, 9.17) is 4.74 Å². The lowest BCUT2D eigenvalue weighted by atomic mass is 9.79. The summed E-state index contributed by atoms with van der Waals surface area (Å²) in [6.07, 6.45) is 1.62. The van der Waals surface area contributed by atoms with Gasteiger partial charge in [-0.1, -0.05) is 0 Å². The molecule has 4 atom stereocenters. The van der Waals surface area contributed by atoms with Gasteiger partial charge in [-0.25, -0.2) is 0 Å². The Kier molecular flexibility index (Phi) is 3.34. The van der Waals surface area contributed by atoms with Crippen LogP contribution in [-0.4, -0.2) is 54.3 Å². The van der Waals surface area contributed by atoms with Crippen molar-refractivity contribution in [2.45, 2.75) is 25.0 Å². The van der Waals surface area contributed by atoms with Crippen LogP contribution in [0.25, 0.3) is 0 Å². The van der Waals surface area contributed by atoms with Crippen LogP contribution in [-0.2, 0) is 14.3 Å². The lowest BCUT2D eigenvalue weighted by Crippen LogP contribution is -2.51. The molecule has 0 aromatic heterocycles. The number of amides is 1. The molecular weight excluding hydrogens is 252 g/mol. The molecular formula is C12H18N2O3S. The summed E-state index contributed by atoms with van der Waals surface area (Å²) in [5, 5.41) is 3.02. The number of nitrogens with one attached hydrogen (secondary N) is 1. The Morgan fingerprint density at radius 1 is 1.11 bits per heavy atom. The van der Waals surface area contributed by atoms with Gasteiger partial charge in [0.1, 0.15) is 0 Å². The van der Waals surface area contributed by atoms with Gasteiger partial charge in [-0.2, -0.15) is 0 Å². The molecule has 0 saturated carbocycles. The molecule has 100 valence electrons. The summed E-state index contributed by atoms with van der Waals surface area (Å²) in [6.45, 7) is 3.10. The SMILES string of the molecule is O=C(S)C1C2CCC(O2)C1C(=O)N1CCNCC1. The Hall–Kier alpha value is -0.590. The zero-order valence-corrected chi connectivity index (χ0v) is 11.1. The minimum absolute atomic E-state index is 0.0708. The Morgan fingerprint density at radius 3 is 2.33 bits per heavy atom. The van der Waals surface area contributed by atoms with Crippen molar-refractivity contribution in [3.8, 4) is 0 Å². The quantitative estimate of drug-likeness (QED) is 0.675. The van der Waals surface area contributed by atoms with Crippen molar-refractivity contribution in [3.63, 3.8) is 0 Å². The van der Waals surface area contributed by atoms with Gasteiger partial charge in [-0.05, 0) is 12.8 Å². The van der Waals surface area contributed by atoms with Crippen molar-refractivity contribution >= 4 is 23.7 Å². The number of ether oxygens (including phenoxy) is 1. The second kappa shape index (κ2) is 4.83. The van der Waals surface area contributed by atoms with E-state index in [1.165, 1.54) is 0 Å². The smallest absolute Gasteiger partial charge is 0.229 e. The highest BCUT2D eigenvalue weighted by Gasteiger charge is 2.55. The van der Waals surface area contributed by atoms with Gasteiger partial charge < -0.3 is 15.0 Å². The largest absolute Gasteiger partial charge is 0.373 e. The summed E-state index contributed by atoms with van der Waals surface area (Å²) in [7, 11) is 0. The van der Waals surface area contributed by atoms with E-state index in [9.17, 15) is 9.59 Å². The first-order chi connectivity index (χ1) is 8.68. The fraction of sp³-hybridized carbons (Fsp3) is 0.833. The van der Waals surface area contributed by atoms with E-state index in [2.05, 4.69) is 17.9 Å². The molecule has 3 aliphatic heterocycles. The molecule has 1 N–H and O–H groups in total. The van der Waals surface area contributed by atoms with Crippen LogP contribution in [0.3, 0.4) is 0 Å². The number of hydrogen-bond donors (Lipinski definition) is 2. The summed E-state index contributed by atoms with van der Waals surface area (Å²) in [6, 6.07) is 0. The molecule has 3 aliphatic rings. The van der Waals surface area contributed by atoms with Gasteiger partial charge >= 0.3 is 0 Å². The van der Waals surface area contributed by atoms with Crippen LogP contribution in [0.2, 0.25) is 0 Å². The van der Waals surface area contributed by atoms with Crippen LogP contribution < -0.4 is 5.32 Å². The highest BCUT2D eigenvalue weighted by Crippen LogP contribution is 2.45. The number of hydrogen-bond acceptors (Lipinski definition) is 4. The summed E-state index contributed by atoms with van der Waals surface area (Å²) >= 11 is 3.94. The predicted molar refractivity (Wildman–Crippen MR) is 68.3 cm³/mol. The topological polar surface area (TPSA) is 58.6 Å². The molecule has 0 aromatic carbocycles. The van der Waals surface area contributed by atoms with Crippen LogP contribution in [0.5, 0.6) is 0 Å². The van der Waals surface area contributed by atoms with E-state index < -0.39 is 0 Å². The molecule has 3 heterocycles. The maximum Gasteiger partial charge on any atom is 0.229 e. The number of rotatable bonds is 2. The summed E-state index contributed by atoms with van der Waals surface area (Å²) in [5.74, 6) is -0.558. The van der Waals surface area contributed by atoms with Crippen molar-refractivity contribution < 1.29 is 14.3 Å². The molecule has 5 nitrogen and oxygen atoms in total. The zero-order chi connectivity index (χ0) is 12.7. The van der Waals surface area contributed by atoms with E-state index >= 15 is 0 Å². The van der Waals surface area contributed by atoms with Crippen molar-refractivity contribution in [1.29, 1.82) is 0 Å². The Morgan fingerprint density at radius 2 is 1.72 bits per heavy atom. The average Bonchev–Trinajstić information content (AvgIpc) is 2.99. The van der Waals surface area contributed by atoms with Crippen LogP contribution in [0, 0.1) is 11.8 Å². The van der Waals surface area contributed by atoms with Crippen LogP contribution in [0.15, 0.2) is 0 Å². The highest BCUT2D eigenvalue weighted by atomic mass is 32.1. The second-order valence-electron chi connectivity index (χ2n) is 5.26. The van der Waals surface area contributed by atoms with Crippen molar-refractivity contribution in [1.82, 2.24) is 10.2 Å². The number of carbonyl (C=O) groups excluding carboxylic acids is 2. The van der Waals surface area contributed by atoms with Crippen LogP contribution >= 0.6 is 12.6 Å². The monoisotopic (exact) mass is 270 g/mol. The third kappa shape index (κ3) is 1.96. The number of fused-ring (bicyclic) bond motifs is 2. The molecule has 3 saturated heterocycles. The molecule has 4 unspecified atom stereocenters. The van der Waals surface area contributed by atoms with Crippen LogP contribution in [0.4, 0.5) is 0 Å². The summed E-state index contributed by atoms with van der Waals surface area (Å²) < 4.78 is 5.74. The van der Waals surface area contributed by atoms with E-state index in [0.29, 0.717) is 0 Å². The normalized spacial score (nSPS) is 39.1. The minimum Gasteiger partial charge on any atom is -0.373 e.